The second-order valence-electron chi connectivity index (χ2n) is 4.37. The number of hydrogen-bond acceptors (Lipinski definition) is 0. The molecule has 108 valence electrons. The van der Waals surface area contributed by atoms with Gasteiger partial charge in [0.15, 0.2) is 0 Å². The lowest BCUT2D eigenvalue weighted by atomic mass is 10.1. The summed E-state index contributed by atoms with van der Waals surface area (Å²) < 4.78 is 0. The SMILES string of the molecule is C=C/C=C(\C=C/C)C(=C\CC)/C[S+]1CCCC1.CC. The van der Waals surface area contributed by atoms with Gasteiger partial charge in [-0.3, -0.25) is 0 Å². The van der Waals surface area contributed by atoms with E-state index in [0.717, 1.165) is 6.42 Å². The van der Waals surface area contributed by atoms with Crippen molar-refractivity contribution in [3.63, 3.8) is 0 Å². The molecule has 0 nitrogen and oxygen atoms in total. The zero-order valence-corrected chi connectivity index (χ0v) is 14.1. The molecule has 1 aliphatic rings. The van der Waals surface area contributed by atoms with Gasteiger partial charge in [-0.05, 0) is 42.7 Å². The summed E-state index contributed by atoms with van der Waals surface area (Å²) in [6.07, 6.45) is 14.8. The lowest BCUT2D eigenvalue weighted by Crippen LogP contribution is -2.12. The van der Waals surface area contributed by atoms with E-state index >= 15 is 0 Å². The smallest absolute Gasteiger partial charge is 0.0990 e. The third kappa shape index (κ3) is 7.47. The predicted octanol–water partition coefficient (Wildman–Crippen LogP) is 5.45. The largest absolute Gasteiger partial charge is 0.133 e. The van der Waals surface area contributed by atoms with E-state index in [1.54, 1.807) is 0 Å². The van der Waals surface area contributed by atoms with Crippen LogP contribution in [0.2, 0.25) is 0 Å². The number of hydrogen-bond donors (Lipinski definition) is 0. The van der Waals surface area contributed by atoms with E-state index in [2.05, 4.69) is 44.7 Å². The van der Waals surface area contributed by atoms with Crippen LogP contribution in [0.3, 0.4) is 0 Å². The molecule has 0 atom stereocenters. The van der Waals surface area contributed by atoms with Gasteiger partial charge in [-0.25, -0.2) is 0 Å². The molecule has 19 heavy (non-hydrogen) atoms. The summed E-state index contributed by atoms with van der Waals surface area (Å²) in [6, 6.07) is 0. The van der Waals surface area contributed by atoms with Crippen LogP contribution in [-0.4, -0.2) is 17.3 Å². The molecule has 1 saturated heterocycles. The number of allylic oxidation sites excluding steroid dienone is 6. The summed E-state index contributed by atoms with van der Waals surface area (Å²) in [4.78, 5) is 0. The van der Waals surface area contributed by atoms with Crippen molar-refractivity contribution >= 4 is 10.9 Å². The van der Waals surface area contributed by atoms with Crippen molar-refractivity contribution in [2.45, 2.75) is 47.0 Å². The average molecular weight is 280 g/mol. The van der Waals surface area contributed by atoms with Crippen molar-refractivity contribution in [3.05, 3.63) is 48.1 Å². The lowest BCUT2D eigenvalue weighted by Gasteiger charge is -2.08. The third-order valence-corrected chi connectivity index (χ3v) is 5.39. The van der Waals surface area contributed by atoms with Crippen molar-refractivity contribution in [3.8, 4) is 0 Å². The fourth-order valence-electron chi connectivity index (χ4n) is 2.16. The van der Waals surface area contributed by atoms with Crippen LogP contribution in [0.4, 0.5) is 0 Å². The van der Waals surface area contributed by atoms with E-state index in [0.29, 0.717) is 10.9 Å². The van der Waals surface area contributed by atoms with Crippen molar-refractivity contribution in [2.75, 3.05) is 17.3 Å². The molecular formula is C18H31S+. The van der Waals surface area contributed by atoms with E-state index in [-0.39, 0.29) is 0 Å². The highest BCUT2D eigenvalue weighted by atomic mass is 32.2. The van der Waals surface area contributed by atoms with Gasteiger partial charge in [0, 0.05) is 5.57 Å². The highest BCUT2D eigenvalue weighted by Gasteiger charge is 2.25. The van der Waals surface area contributed by atoms with Gasteiger partial charge < -0.3 is 0 Å². The second-order valence-corrected chi connectivity index (χ2v) is 6.70. The first-order valence-electron chi connectivity index (χ1n) is 7.60. The predicted molar refractivity (Wildman–Crippen MR) is 94.0 cm³/mol. The first kappa shape index (κ1) is 18.3. The zero-order chi connectivity index (χ0) is 14.5. The van der Waals surface area contributed by atoms with Crippen LogP contribution in [0.5, 0.6) is 0 Å². The number of rotatable bonds is 6. The third-order valence-electron chi connectivity index (χ3n) is 2.94. The lowest BCUT2D eigenvalue weighted by molar-refractivity contribution is 0.949. The molecular weight excluding hydrogens is 248 g/mol. The van der Waals surface area contributed by atoms with Gasteiger partial charge in [-0.15, -0.1) is 0 Å². The molecule has 0 aliphatic carbocycles. The second kappa shape index (κ2) is 12.3. The summed E-state index contributed by atoms with van der Waals surface area (Å²) >= 11 is 0. The Morgan fingerprint density at radius 1 is 1.21 bits per heavy atom. The van der Waals surface area contributed by atoms with Crippen LogP contribution in [0.15, 0.2) is 48.1 Å². The maximum Gasteiger partial charge on any atom is 0.133 e. The minimum Gasteiger partial charge on any atom is -0.0990 e. The van der Waals surface area contributed by atoms with E-state index in [9.17, 15) is 0 Å². The molecule has 1 fully saturated rings. The van der Waals surface area contributed by atoms with E-state index in [1.807, 2.05) is 19.9 Å². The Hall–Kier alpha value is -0.690. The minimum absolute atomic E-state index is 0.636. The molecule has 0 aromatic rings. The fraction of sp³-hybridized carbons (Fsp3) is 0.556. The van der Waals surface area contributed by atoms with Gasteiger partial charge in [-0.1, -0.05) is 57.7 Å². The Bertz CT molecular complexity index is 315. The van der Waals surface area contributed by atoms with E-state index < -0.39 is 0 Å². The van der Waals surface area contributed by atoms with Gasteiger partial charge in [0.1, 0.15) is 17.3 Å². The minimum atomic E-state index is 0.636. The molecule has 1 heterocycles. The first-order valence-corrected chi connectivity index (χ1v) is 9.34. The van der Waals surface area contributed by atoms with Gasteiger partial charge >= 0.3 is 0 Å². The molecule has 0 unspecified atom stereocenters. The van der Waals surface area contributed by atoms with Crippen LogP contribution < -0.4 is 0 Å². The Morgan fingerprint density at radius 2 is 1.84 bits per heavy atom. The average Bonchev–Trinajstić information content (AvgIpc) is 2.93. The van der Waals surface area contributed by atoms with Crippen LogP contribution in [0.1, 0.15) is 47.0 Å². The standard InChI is InChI=1S/C16H25S.C2H6/c1-4-9-15(10-5-2)16(11-6-3)14-17-12-7-8-13-17;1-2/h4-5,9-11H,1,6-8,12-14H2,2-3H3;1-2H3/q+1;/b10-5-,15-9+,16-11-;. The molecule has 0 saturated carbocycles. The maximum absolute atomic E-state index is 3.82. The van der Waals surface area contributed by atoms with E-state index in [4.69, 9.17) is 0 Å². The molecule has 0 N–H and O–H groups in total. The summed E-state index contributed by atoms with van der Waals surface area (Å²) in [5, 5.41) is 0. The Labute approximate surface area is 123 Å². The summed E-state index contributed by atoms with van der Waals surface area (Å²) in [6.45, 7) is 12.1. The van der Waals surface area contributed by atoms with Crippen molar-refractivity contribution in [1.82, 2.24) is 0 Å². The van der Waals surface area contributed by atoms with Crippen LogP contribution >= 0.6 is 0 Å². The quantitative estimate of drug-likeness (QED) is 0.448. The monoisotopic (exact) mass is 279 g/mol. The highest BCUT2D eigenvalue weighted by Crippen LogP contribution is 2.21. The molecule has 1 heteroatoms. The van der Waals surface area contributed by atoms with Crippen molar-refractivity contribution in [1.29, 1.82) is 0 Å². The van der Waals surface area contributed by atoms with Crippen molar-refractivity contribution < 1.29 is 0 Å². The zero-order valence-electron chi connectivity index (χ0n) is 13.2. The van der Waals surface area contributed by atoms with Crippen LogP contribution in [0.25, 0.3) is 0 Å². The van der Waals surface area contributed by atoms with Crippen molar-refractivity contribution in [2.24, 2.45) is 0 Å². The van der Waals surface area contributed by atoms with Gasteiger partial charge in [0.2, 0.25) is 0 Å². The topological polar surface area (TPSA) is 0 Å². The maximum atomic E-state index is 3.82. The molecule has 0 aromatic carbocycles. The molecule has 0 spiro atoms. The molecule has 1 aliphatic heterocycles. The summed E-state index contributed by atoms with van der Waals surface area (Å²) in [5.74, 6) is 4.16. The van der Waals surface area contributed by atoms with Crippen LogP contribution in [0, 0.1) is 0 Å². The fourth-order valence-corrected chi connectivity index (χ4v) is 4.60. The molecule has 0 aromatic heterocycles. The van der Waals surface area contributed by atoms with E-state index in [1.165, 1.54) is 41.2 Å². The normalized spacial score (nSPS) is 17.5. The molecule has 0 radical (unpaired) electrons. The van der Waals surface area contributed by atoms with Gasteiger partial charge in [0.05, 0.1) is 0 Å². The Balaban J connectivity index is 0.00000154. The Morgan fingerprint density at radius 3 is 2.32 bits per heavy atom. The Kier molecular flexibility index (Phi) is 11.9. The first-order chi connectivity index (χ1) is 9.31. The van der Waals surface area contributed by atoms with Crippen LogP contribution in [-0.2, 0) is 10.9 Å². The van der Waals surface area contributed by atoms with Gasteiger partial charge in [0.25, 0.3) is 0 Å². The van der Waals surface area contributed by atoms with Gasteiger partial charge in [-0.2, -0.15) is 0 Å². The molecule has 0 bridgehead atoms. The highest BCUT2D eigenvalue weighted by molar-refractivity contribution is 7.97. The summed E-state index contributed by atoms with van der Waals surface area (Å²) in [7, 11) is 0.636. The molecule has 0 amide bonds. The molecule has 1 rings (SSSR count). The summed E-state index contributed by atoms with van der Waals surface area (Å²) in [5.41, 5.74) is 2.87.